The van der Waals surface area contributed by atoms with Crippen molar-refractivity contribution in [3.8, 4) is 5.75 Å². The molecule has 0 heterocycles. The fourth-order valence-electron chi connectivity index (χ4n) is 2.89. The van der Waals surface area contributed by atoms with Gasteiger partial charge in [0.15, 0.2) is 0 Å². The predicted octanol–water partition coefficient (Wildman–Crippen LogP) is 4.19. The largest absolute Gasteiger partial charge is 0.490 e. The molecule has 0 aliphatic heterocycles. The second kappa shape index (κ2) is 6.38. The molecule has 1 aliphatic rings. The Morgan fingerprint density at radius 2 is 2.21 bits per heavy atom. The van der Waals surface area contributed by atoms with Gasteiger partial charge in [0.1, 0.15) is 11.6 Å². The van der Waals surface area contributed by atoms with Crippen molar-refractivity contribution in [2.75, 3.05) is 0 Å². The monoisotopic (exact) mass is 265 g/mol. The highest BCUT2D eigenvalue weighted by Crippen LogP contribution is 2.32. The highest BCUT2D eigenvalue weighted by atomic mass is 19.1. The number of ether oxygens (including phenoxy) is 1. The Morgan fingerprint density at radius 1 is 1.42 bits per heavy atom. The Hall–Kier alpha value is -1.09. The summed E-state index contributed by atoms with van der Waals surface area (Å²) in [5.41, 5.74) is 6.81. The zero-order valence-corrected chi connectivity index (χ0v) is 11.9. The van der Waals surface area contributed by atoms with Gasteiger partial charge < -0.3 is 10.5 Å². The van der Waals surface area contributed by atoms with E-state index in [-0.39, 0.29) is 18.0 Å². The molecule has 3 unspecified atom stereocenters. The van der Waals surface area contributed by atoms with Crippen molar-refractivity contribution in [1.82, 2.24) is 0 Å². The van der Waals surface area contributed by atoms with Crippen molar-refractivity contribution in [3.63, 3.8) is 0 Å². The number of halogens is 1. The first-order valence-electron chi connectivity index (χ1n) is 7.31. The van der Waals surface area contributed by atoms with Crippen LogP contribution >= 0.6 is 0 Å². The van der Waals surface area contributed by atoms with Crippen molar-refractivity contribution >= 4 is 0 Å². The first-order valence-corrected chi connectivity index (χ1v) is 7.31. The summed E-state index contributed by atoms with van der Waals surface area (Å²) < 4.78 is 19.4. The number of hydrogen-bond donors (Lipinski definition) is 1. The first kappa shape index (κ1) is 14.3. The quantitative estimate of drug-likeness (QED) is 0.885. The number of rotatable bonds is 4. The van der Waals surface area contributed by atoms with Crippen molar-refractivity contribution < 1.29 is 9.13 Å². The van der Waals surface area contributed by atoms with Crippen LogP contribution in [-0.4, -0.2) is 6.10 Å². The third-order valence-electron chi connectivity index (χ3n) is 4.07. The normalized spacial score (nSPS) is 25.1. The van der Waals surface area contributed by atoms with Gasteiger partial charge in [0, 0.05) is 17.7 Å². The van der Waals surface area contributed by atoms with Crippen LogP contribution in [0.3, 0.4) is 0 Å². The predicted molar refractivity (Wildman–Crippen MR) is 75.7 cm³/mol. The Balaban J connectivity index is 2.11. The second-order valence-corrected chi connectivity index (χ2v) is 5.65. The molecule has 0 radical (unpaired) electrons. The maximum absolute atomic E-state index is 13.4. The average molecular weight is 265 g/mol. The summed E-state index contributed by atoms with van der Waals surface area (Å²) in [6.45, 7) is 4.12. The average Bonchev–Trinajstić information content (AvgIpc) is 2.38. The Kier molecular flexibility index (Phi) is 4.81. The molecule has 2 nitrogen and oxygen atoms in total. The van der Waals surface area contributed by atoms with Gasteiger partial charge in [0.25, 0.3) is 0 Å². The molecule has 2 N–H and O–H groups in total. The Morgan fingerprint density at radius 3 is 2.89 bits per heavy atom. The van der Waals surface area contributed by atoms with E-state index in [4.69, 9.17) is 10.5 Å². The molecule has 1 aromatic rings. The molecule has 106 valence electrons. The molecule has 1 fully saturated rings. The van der Waals surface area contributed by atoms with Crippen molar-refractivity contribution in [2.24, 2.45) is 11.7 Å². The van der Waals surface area contributed by atoms with Gasteiger partial charge in [0.2, 0.25) is 0 Å². The smallest absolute Gasteiger partial charge is 0.127 e. The second-order valence-electron chi connectivity index (χ2n) is 5.65. The standard InChI is InChI=1S/C16H24FNO/c1-3-12-5-4-6-14(9-12)19-16-10-13(17)7-8-15(16)11(2)18/h7-8,10-12,14H,3-6,9,18H2,1-2H3. The van der Waals surface area contributed by atoms with Crippen LogP contribution in [0.25, 0.3) is 0 Å². The number of benzene rings is 1. The van der Waals surface area contributed by atoms with Crippen molar-refractivity contribution in [1.29, 1.82) is 0 Å². The SMILES string of the molecule is CCC1CCCC(Oc2cc(F)ccc2C(C)N)C1. The van der Waals surface area contributed by atoms with Crippen molar-refractivity contribution in [3.05, 3.63) is 29.6 Å². The molecule has 0 bridgehead atoms. The molecule has 0 aromatic heterocycles. The topological polar surface area (TPSA) is 35.2 Å². The van der Waals surface area contributed by atoms with E-state index in [1.54, 1.807) is 6.07 Å². The van der Waals surface area contributed by atoms with Crippen LogP contribution in [0.4, 0.5) is 4.39 Å². The van der Waals surface area contributed by atoms with Gasteiger partial charge in [-0.3, -0.25) is 0 Å². The lowest BCUT2D eigenvalue weighted by Gasteiger charge is -2.30. The lowest BCUT2D eigenvalue weighted by Crippen LogP contribution is -2.26. The molecule has 1 saturated carbocycles. The molecule has 19 heavy (non-hydrogen) atoms. The minimum atomic E-state index is -0.262. The van der Waals surface area contributed by atoms with E-state index in [9.17, 15) is 4.39 Å². The summed E-state index contributed by atoms with van der Waals surface area (Å²) in [6, 6.07) is 4.51. The van der Waals surface area contributed by atoms with E-state index < -0.39 is 0 Å². The summed E-state index contributed by atoms with van der Waals surface area (Å²) in [5.74, 6) is 1.10. The third kappa shape index (κ3) is 3.69. The van der Waals surface area contributed by atoms with Gasteiger partial charge >= 0.3 is 0 Å². The first-order chi connectivity index (χ1) is 9.10. The van der Waals surface area contributed by atoms with E-state index in [1.165, 1.54) is 31.4 Å². The zero-order chi connectivity index (χ0) is 13.8. The van der Waals surface area contributed by atoms with Crippen LogP contribution in [0, 0.1) is 11.7 Å². The Labute approximate surface area is 115 Å². The maximum atomic E-state index is 13.4. The summed E-state index contributed by atoms with van der Waals surface area (Å²) in [6.07, 6.45) is 6.03. The zero-order valence-electron chi connectivity index (χ0n) is 11.9. The van der Waals surface area contributed by atoms with E-state index in [0.717, 1.165) is 24.3 Å². The van der Waals surface area contributed by atoms with E-state index in [0.29, 0.717) is 5.75 Å². The molecule has 1 aromatic carbocycles. The molecule has 0 amide bonds. The van der Waals surface area contributed by atoms with E-state index in [1.807, 2.05) is 6.92 Å². The molecule has 2 rings (SSSR count). The summed E-state index contributed by atoms with van der Waals surface area (Å²) in [4.78, 5) is 0. The van der Waals surface area contributed by atoms with Gasteiger partial charge in [-0.15, -0.1) is 0 Å². The lowest BCUT2D eigenvalue weighted by molar-refractivity contribution is 0.120. The van der Waals surface area contributed by atoms with Crippen molar-refractivity contribution in [2.45, 2.75) is 58.1 Å². The minimum Gasteiger partial charge on any atom is -0.490 e. The van der Waals surface area contributed by atoms with Crippen LogP contribution in [0.15, 0.2) is 18.2 Å². The molecular formula is C16H24FNO. The van der Waals surface area contributed by atoms with Crippen LogP contribution in [0.5, 0.6) is 5.75 Å². The lowest BCUT2D eigenvalue weighted by atomic mass is 9.85. The van der Waals surface area contributed by atoms with Crippen LogP contribution < -0.4 is 10.5 Å². The van der Waals surface area contributed by atoms with Gasteiger partial charge in [-0.2, -0.15) is 0 Å². The van der Waals surface area contributed by atoms with Crippen LogP contribution in [0.1, 0.15) is 57.6 Å². The molecule has 3 atom stereocenters. The maximum Gasteiger partial charge on any atom is 0.127 e. The molecule has 0 saturated heterocycles. The van der Waals surface area contributed by atoms with Gasteiger partial charge in [-0.1, -0.05) is 25.8 Å². The summed E-state index contributed by atoms with van der Waals surface area (Å²) in [5, 5.41) is 0. The Bertz CT molecular complexity index is 419. The highest BCUT2D eigenvalue weighted by Gasteiger charge is 2.23. The molecule has 0 spiro atoms. The van der Waals surface area contributed by atoms with Crippen LogP contribution in [0.2, 0.25) is 0 Å². The summed E-state index contributed by atoms with van der Waals surface area (Å²) in [7, 11) is 0. The van der Waals surface area contributed by atoms with Gasteiger partial charge in [-0.05, 0) is 38.2 Å². The highest BCUT2D eigenvalue weighted by molar-refractivity contribution is 5.36. The summed E-state index contributed by atoms with van der Waals surface area (Å²) >= 11 is 0. The molecule has 1 aliphatic carbocycles. The number of nitrogens with two attached hydrogens (primary N) is 1. The minimum absolute atomic E-state index is 0.138. The fraction of sp³-hybridized carbons (Fsp3) is 0.625. The van der Waals surface area contributed by atoms with Gasteiger partial charge in [0.05, 0.1) is 6.10 Å². The van der Waals surface area contributed by atoms with E-state index >= 15 is 0 Å². The third-order valence-corrected chi connectivity index (χ3v) is 4.07. The van der Waals surface area contributed by atoms with Crippen LogP contribution in [-0.2, 0) is 0 Å². The fourth-order valence-corrected chi connectivity index (χ4v) is 2.89. The molecule has 3 heteroatoms. The molecular weight excluding hydrogens is 241 g/mol. The van der Waals surface area contributed by atoms with Gasteiger partial charge in [-0.25, -0.2) is 4.39 Å². The van der Waals surface area contributed by atoms with E-state index in [2.05, 4.69) is 6.92 Å². The number of hydrogen-bond acceptors (Lipinski definition) is 2.